The number of carbonyl (C=O) groups is 1. The lowest BCUT2D eigenvalue weighted by molar-refractivity contribution is -0.0907. The van der Waals surface area contributed by atoms with Gasteiger partial charge in [-0.2, -0.15) is 4.31 Å². The molecule has 41 heavy (non-hydrogen) atoms. The van der Waals surface area contributed by atoms with Crippen molar-refractivity contribution in [3.8, 4) is 5.75 Å². The van der Waals surface area contributed by atoms with Crippen LogP contribution in [-0.4, -0.2) is 81.4 Å². The molecule has 6 atom stereocenters. The van der Waals surface area contributed by atoms with Crippen LogP contribution < -0.4 is 10.1 Å². The SMILES string of the molecule is CC(C)CN(C[C@@H](O)[C@H](Cc1ccccc1)NC(=O)O[C@H]1CO[C@H]2OCC[C@H]21)S(=O)(=O)c1ccc2c(c1)C(C)CO2. The Morgan fingerprint density at radius 1 is 1.12 bits per heavy atom. The summed E-state index contributed by atoms with van der Waals surface area (Å²) in [7, 11) is -3.96. The first-order valence-electron chi connectivity index (χ1n) is 14.3. The van der Waals surface area contributed by atoms with Crippen LogP contribution in [-0.2, 0) is 30.7 Å². The maximum absolute atomic E-state index is 13.9. The van der Waals surface area contributed by atoms with Crippen LogP contribution in [0.15, 0.2) is 53.4 Å². The summed E-state index contributed by atoms with van der Waals surface area (Å²) in [5, 5.41) is 14.3. The van der Waals surface area contributed by atoms with E-state index in [1.54, 1.807) is 18.2 Å². The molecule has 2 aromatic rings. The van der Waals surface area contributed by atoms with Gasteiger partial charge in [0.05, 0.1) is 42.8 Å². The van der Waals surface area contributed by atoms with Crippen LogP contribution in [0.4, 0.5) is 4.79 Å². The summed E-state index contributed by atoms with van der Waals surface area (Å²) in [5.41, 5.74) is 1.74. The van der Waals surface area contributed by atoms with Gasteiger partial charge in [-0.3, -0.25) is 0 Å². The van der Waals surface area contributed by atoms with Gasteiger partial charge in [-0.05, 0) is 42.5 Å². The minimum absolute atomic E-state index is 0.00287. The molecule has 2 saturated heterocycles. The van der Waals surface area contributed by atoms with Crippen LogP contribution >= 0.6 is 0 Å². The minimum Gasteiger partial charge on any atom is -0.493 e. The fraction of sp³-hybridized carbons (Fsp3) is 0.567. The van der Waals surface area contributed by atoms with Gasteiger partial charge in [0.15, 0.2) is 6.29 Å². The second kappa shape index (κ2) is 12.7. The number of fused-ring (bicyclic) bond motifs is 2. The Bertz CT molecular complexity index is 1300. The van der Waals surface area contributed by atoms with Gasteiger partial charge >= 0.3 is 6.09 Å². The lowest BCUT2D eigenvalue weighted by Crippen LogP contribution is -2.51. The number of alkyl carbamates (subject to hydrolysis) is 1. The van der Waals surface area contributed by atoms with Crippen LogP contribution in [0.5, 0.6) is 5.75 Å². The average Bonchev–Trinajstić information content (AvgIpc) is 3.66. The second-order valence-corrected chi connectivity index (χ2v) is 13.5. The van der Waals surface area contributed by atoms with E-state index in [-0.39, 0.29) is 55.1 Å². The van der Waals surface area contributed by atoms with E-state index in [0.29, 0.717) is 19.0 Å². The van der Waals surface area contributed by atoms with Crippen molar-refractivity contribution in [2.24, 2.45) is 11.8 Å². The Morgan fingerprint density at radius 2 is 1.90 bits per heavy atom. The van der Waals surface area contributed by atoms with Crippen LogP contribution in [0.2, 0.25) is 0 Å². The number of nitrogens with zero attached hydrogens (tertiary/aromatic N) is 1. The number of nitrogens with one attached hydrogen (secondary N) is 1. The van der Waals surface area contributed by atoms with Crippen molar-refractivity contribution in [1.29, 1.82) is 0 Å². The van der Waals surface area contributed by atoms with E-state index in [0.717, 1.165) is 17.5 Å². The Balaban J connectivity index is 1.34. The number of amides is 1. The van der Waals surface area contributed by atoms with Crippen molar-refractivity contribution in [1.82, 2.24) is 9.62 Å². The molecule has 0 saturated carbocycles. The molecule has 2 aromatic carbocycles. The molecule has 0 aromatic heterocycles. The van der Waals surface area contributed by atoms with Gasteiger partial charge in [0.25, 0.3) is 0 Å². The Labute approximate surface area is 242 Å². The number of hydrogen-bond acceptors (Lipinski definition) is 8. The zero-order chi connectivity index (χ0) is 29.1. The van der Waals surface area contributed by atoms with E-state index >= 15 is 0 Å². The highest BCUT2D eigenvalue weighted by Crippen LogP contribution is 2.36. The van der Waals surface area contributed by atoms with Crippen LogP contribution in [0.1, 0.15) is 44.2 Å². The molecule has 0 radical (unpaired) electrons. The van der Waals surface area contributed by atoms with E-state index in [2.05, 4.69) is 5.32 Å². The first-order valence-corrected chi connectivity index (χ1v) is 15.7. The number of benzene rings is 2. The van der Waals surface area contributed by atoms with Crippen molar-refractivity contribution in [3.63, 3.8) is 0 Å². The number of ether oxygens (including phenoxy) is 4. The number of aliphatic hydroxyl groups is 1. The molecule has 2 fully saturated rings. The summed E-state index contributed by atoms with van der Waals surface area (Å²) in [5.74, 6) is 0.764. The van der Waals surface area contributed by atoms with Crippen molar-refractivity contribution in [2.75, 3.05) is 32.9 Å². The normalized spacial score (nSPS) is 25.0. The van der Waals surface area contributed by atoms with E-state index in [9.17, 15) is 18.3 Å². The molecule has 11 heteroatoms. The molecule has 10 nitrogen and oxygen atoms in total. The first kappa shape index (κ1) is 29.8. The molecule has 3 aliphatic rings. The highest BCUT2D eigenvalue weighted by molar-refractivity contribution is 7.89. The monoisotopic (exact) mass is 588 g/mol. The molecule has 1 unspecified atom stereocenters. The molecule has 0 aliphatic carbocycles. The average molecular weight is 589 g/mol. The zero-order valence-corrected chi connectivity index (χ0v) is 24.6. The topological polar surface area (TPSA) is 124 Å². The molecular weight excluding hydrogens is 548 g/mol. The third-order valence-corrected chi connectivity index (χ3v) is 9.74. The van der Waals surface area contributed by atoms with E-state index in [4.69, 9.17) is 18.9 Å². The molecule has 0 spiro atoms. The van der Waals surface area contributed by atoms with Gasteiger partial charge in [-0.1, -0.05) is 51.1 Å². The molecule has 5 rings (SSSR count). The maximum Gasteiger partial charge on any atom is 0.407 e. The quantitative estimate of drug-likeness (QED) is 0.410. The highest BCUT2D eigenvalue weighted by atomic mass is 32.2. The summed E-state index contributed by atoms with van der Waals surface area (Å²) in [6, 6.07) is 13.5. The number of hydrogen-bond donors (Lipinski definition) is 2. The predicted octanol–water partition coefficient (Wildman–Crippen LogP) is 3.29. The van der Waals surface area contributed by atoms with Crippen molar-refractivity contribution >= 4 is 16.1 Å². The summed E-state index contributed by atoms with van der Waals surface area (Å²) in [6.07, 6.45) is -1.67. The Hall–Kier alpha value is -2.70. The third kappa shape index (κ3) is 6.86. The molecule has 2 N–H and O–H groups in total. The van der Waals surface area contributed by atoms with Crippen molar-refractivity contribution in [2.45, 2.75) is 69.0 Å². The van der Waals surface area contributed by atoms with Gasteiger partial charge < -0.3 is 29.4 Å². The molecule has 1 amide bonds. The molecule has 224 valence electrons. The Kier molecular flexibility index (Phi) is 9.20. The fourth-order valence-electron chi connectivity index (χ4n) is 5.69. The lowest BCUT2D eigenvalue weighted by atomic mass is 10.0. The van der Waals surface area contributed by atoms with Gasteiger partial charge in [-0.25, -0.2) is 13.2 Å². The van der Waals surface area contributed by atoms with E-state index in [1.165, 1.54) is 4.31 Å². The number of sulfonamides is 1. The van der Waals surface area contributed by atoms with E-state index in [1.807, 2.05) is 51.1 Å². The van der Waals surface area contributed by atoms with Gasteiger partial charge in [0, 0.05) is 24.6 Å². The molecule has 3 heterocycles. The second-order valence-electron chi connectivity index (χ2n) is 11.6. The summed E-state index contributed by atoms with van der Waals surface area (Å²) < 4.78 is 51.5. The smallest absolute Gasteiger partial charge is 0.407 e. The molecular formula is C30H40N2O8S. The standard InChI is InChI=1S/C30H40N2O8S/c1-19(2)15-32(41(35,36)22-9-10-27-24(14-22)20(3)17-38-27)16-26(33)25(13-21-7-5-4-6-8-21)31-30(34)40-28-18-39-29-23(28)11-12-37-29/h4-10,14,19-20,23,25-26,28-29,33H,11-13,15-18H2,1-3H3,(H,31,34)/t20?,23-,25-,26+,28-,29+/m0/s1. The zero-order valence-electron chi connectivity index (χ0n) is 23.8. The Morgan fingerprint density at radius 3 is 2.66 bits per heavy atom. The van der Waals surface area contributed by atoms with Crippen LogP contribution in [0.25, 0.3) is 0 Å². The minimum atomic E-state index is -3.96. The van der Waals surface area contributed by atoms with Gasteiger partial charge in [-0.15, -0.1) is 0 Å². The summed E-state index contributed by atoms with van der Waals surface area (Å²) in [4.78, 5) is 13.2. The molecule has 0 bridgehead atoms. The molecule has 3 aliphatic heterocycles. The maximum atomic E-state index is 13.9. The number of rotatable bonds is 11. The van der Waals surface area contributed by atoms with Gasteiger partial charge in [0.2, 0.25) is 10.0 Å². The summed E-state index contributed by atoms with van der Waals surface area (Å²) in [6.45, 7) is 7.16. The number of carbonyl (C=O) groups excluding carboxylic acids is 1. The largest absolute Gasteiger partial charge is 0.493 e. The van der Waals surface area contributed by atoms with Crippen molar-refractivity contribution in [3.05, 3.63) is 59.7 Å². The van der Waals surface area contributed by atoms with Crippen molar-refractivity contribution < 1.29 is 37.3 Å². The predicted molar refractivity (Wildman–Crippen MR) is 151 cm³/mol. The number of aliphatic hydroxyl groups excluding tert-OH is 1. The third-order valence-electron chi connectivity index (χ3n) is 7.91. The first-order chi connectivity index (χ1) is 19.6. The summed E-state index contributed by atoms with van der Waals surface area (Å²) >= 11 is 0. The van der Waals surface area contributed by atoms with Crippen LogP contribution in [0.3, 0.4) is 0 Å². The van der Waals surface area contributed by atoms with Gasteiger partial charge in [0.1, 0.15) is 11.9 Å². The van der Waals surface area contributed by atoms with Crippen LogP contribution in [0, 0.1) is 11.8 Å². The lowest BCUT2D eigenvalue weighted by Gasteiger charge is -2.31. The van der Waals surface area contributed by atoms with E-state index < -0.39 is 34.4 Å². The fourth-order valence-corrected chi connectivity index (χ4v) is 7.35. The highest BCUT2D eigenvalue weighted by Gasteiger charge is 2.44.